The monoisotopic (exact) mass is 434 g/mol. The molecule has 2 aromatic carbocycles. The van der Waals surface area contributed by atoms with E-state index in [-0.39, 0.29) is 23.3 Å². The van der Waals surface area contributed by atoms with Crippen LogP contribution in [0.5, 0.6) is 5.75 Å². The summed E-state index contributed by atoms with van der Waals surface area (Å²) in [7, 11) is 3.56. The number of hydrogen-bond acceptors (Lipinski definition) is 4. The Bertz CT molecular complexity index is 947. The first-order chi connectivity index (χ1) is 15.5. The molecule has 1 saturated carbocycles. The topological polar surface area (TPSA) is 53.0 Å². The van der Waals surface area contributed by atoms with Gasteiger partial charge in [0.25, 0.3) is 5.91 Å². The van der Waals surface area contributed by atoms with E-state index in [9.17, 15) is 9.90 Å². The minimum atomic E-state index is -0.487. The lowest BCUT2D eigenvalue weighted by Gasteiger charge is -2.56. The molecule has 32 heavy (non-hydrogen) atoms. The lowest BCUT2D eigenvalue weighted by Crippen LogP contribution is -2.61. The summed E-state index contributed by atoms with van der Waals surface area (Å²) in [6.45, 7) is 6.49. The molecule has 170 valence electrons. The summed E-state index contributed by atoms with van der Waals surface area (Å²) in [6, 6.07) is 17.6. The molecular formula is C27H34N2O3. The van der Waals surface area contributed by atoms with Gasteiger partial charge in [0.1, 0.15) is 5.75 Å². The SMILES string of the molecule is C=CCN1CC[C@@]2(c3cccc(OC)c3)C[C@H](N(C)C(=O)c3ccccc3)CC(O)[C@@H]2C1. The average molecular weight is 435 g/mol. The second-order valence-electron chi connectivity index (χ2n) is 9.24. The predicted molar refractivity (Wildman–Crippen MR) is 127 cm³/mol. The molecule has 1 saturated heterocycles. The van der Waals surface area contributed by atoms with E-state index in [2.05, 4.69) is 23.6 Å². The summed E-state index contributed by atoms with van der Waals surface area (Å²) in [5, 5.41) is 11.4. The number of aliphatic hydroxyl groups excluding tert-OH is 1. The van der Waals surface area contributed by atoms with E-state index < -0.39 is 6.10 Å². The maximum absolute atomic E-state index is 13.2. The molecule has 1 aliphatic heterocycles. The molecule has 4 atom stereocenters. The Morgan fingerprint density at radius 1 is 1.28 bits per heavy atom. The van der Waals surface area contributed by atoms with Crippen molar-refractivity contribution in [2.75, 3.05) is 33.8 Å². The molecular weight excluding hydrogens is 400 g/mol. The van der Waals surface area contributed by atoms with Gasteiger partial charge in [-0.2, -0.15) is 0 Å². The number of rotatable bonds is 6. The van der Waals surface area contributed by atoms with Crippen molar-refractivity contribution in [2.24, 2.45) is 5.92 Å². The third-order valence-corrected chi connectivity index (χ3v) is 7.54. The number of fused-ring (bicyclic) bond motifs is 1. The van der Waals surface area contributed by atoms with E-state index in [4.69, 9.17) is 4.74 Å². The highest BCUT2D eigenvalue weighted by Crippen LogP contribution is 2.50. The van der Waals surface area contributed by atoms with Crippen LogP contribution in [0.25, 0.3) is 0 Å². The van der Waals surface area contributed by atoms with Gasteiger partial charge in [0.15, 0.2) is 0 Å². The number of hydrogen-bond donors (Lipinski definition) is 1. The van der Waals surface area contributed by atoms with Crippen molar-refractivity contribution in [1.82, 2.24) is 9.80 Å². The number of benzene rings is 2. The lowest BCUT2D eigenvalue weighted by molar-refractivity contribution is -0.0591. The Labute approximate surface area is 191 Å². The molecule has 1 aliphatic carbocycles. The molecule has 5 heteroatoms. The molecule has 2 aliphatic rings. The van der Waals surface area contributed by atoms with Crippen molar-refractivity contribution < 1.29 is 14.6 Å². The van der Waals surface area contributed by atoms with Crippen LogP contribution in [0.15, 0.2) is 67.3 Å². The smallest absolute Gasteiger partial charge is 0.253 e. The molecule has 2 aromatic rings. The molecule has 0 bridgehead atoms. The van der Waals surface area contributed by atoms with Gasteiger partial charge < -0.3 is 14.7 Å². The van der Waals surface area contributed by atoms with E-state index in [1.165, 1.54) is 5.56 Å². The molecule has 0 radical (unpaired) electrons. The fourth-order valence-corrected chi connectivity index (χ4v) is 5.78. The highest BCUT2D eigenvalue weighted by Gasteiger charge is 2.52. The zero-order valence-corrected chi connectivity index (χ0v) is 19.1. The van der Waals surface area contributed by atoms with E-state index in [0.717, 1.165) is 38.2 Å². The molecule has 1 N–H and O–H groups in total. The van der Waals surface area contributed by atoms with E-state index in [1.807, 2.05) is 60.5 Å². The van der Waals surface area contributed by atoms with Crippen LogP contribution in [-0.4, -0.2) is 66.8 Å². The summed E-state index contributed by atoms with van der Waals surface area (Å²) in [4.78, 5) is 17.4. The van der Waals surface area contributed by atoms with Crippen LogP contribution in [0.3, 0.4) is 0 Å². The minimum absolute atomic E-state index is 0.00568. The van der Waals surface area contributed by atoms with Crippen molar-refractivity contribution in [3.8, 4) is 5.75 Å². The second-order valence-corrected chi connectivity index (χ2v) is 9.24. The van der Waals surface area contributed by atoms with Crippen LogP contribution in [0.2, 0.25) is 0 Å². The molecule has 4 rings (SSSR count). The number of methoxy groups -OCH3 is 1. The average Bonchev–Trinajstić information content (AvgIpc) is 2.84. The highest BCUT2D eigenvalue weighted by molar-refractivity contribution is 5.94. The van der Waals surface area contributed by atoms with Crippen LogP contribution < -0.4 is 4.74 Å². The Morgan fingerprint density at radius 2 is 2.06 bits per heavy atom. The standard InChI is InChI=1S/C27H34N2O3/c1-4-14-29-15-13-27(21-11-8-12-23(16-21)32-3)18-22(17-25(30)24(27)19-29)28(2)26(31)20-9-6-5-7-10-20/h4-12,16,22,24-25,30H,1,13-15,17-19H2,2-3H3/t22-,24+,25?,27+/m1/s1. The van der Waals surface area contributed by atoms with Gasteiger partial charge in [-0.05, 0) is 55.6 Å². The van der Waals surface area contributed by atoms with Gasteiger partial charge in [0.05, 0.1) is 13.2 Å². The molecule has 2 fully saturated rings. The van der Waals surface area contributed by atoms with Crippen LogP contribution in [-0.2, 0) is 5.41 Å². The highest BCUT2D eigenvalue weighted by atomic mass is 16.5. The summed E-state index contributed by atoms with van der Waals surface area (Å²) >= 11 is 0. The van der Waals surface area contributed by atoms with Gasteiger partial charge in [-0.25, -0.2) is 0 Å². The van der Waals surface area contributed by atoms with Gasteiger partial charge >= 0.3 is 0 Å². The van der Waals surface area contributed by atoms with Crippen LogP contribution in [0.1, 0.15) is 35.2 Å². The van der Waals surface area contributed by atoms with Crippen molar-refractivity contribution in [3.63, 3.8) is 0 Å². The fraction of sp³-hybridized carbons (Fsp3) is 0.444. The number of amides is 1. The van der Waals surface area contributed by atoms with Crippen LogP contribution in [0.4, 0.5) is 0 Å². The van der Waals surface area contributed by atoms with E-state index >= 15 is 0 Å². The molecule has 1 amide bonds. The molecule has 0 aromatic heterocycles. The van der Waals surface area contributed by atoms with Crippen molar-refractivity contribution in [1.29, 1.82) is 0 Å². The Balaban J connectivity index is 1.68. The summed E-state index contributed by atoms with van der Waals surface area (Å²) in [5.41, 5.74) is 1.67. The Hall–Kier alpha value is -2.63. The first-order valence-electron chi connectivity index (χ1n) is 11.5. The van der Waals surface area contributed by atoms with Gasteiger partial charge in [-0.3, -0.25) is 9.69 Å². The number of nitrogens with zero attached hydrogens (tertiary/aromatic N) is 2. The maximum Gasteiger partial charge on any atom is 0.253 e. The molecule has 0 spiro atoms. The third kappa shape index (κ3) is 4.19. The van der Waals surface area contributed by atoms with Crippen molar-refractivity contribution in [2.45, 2.75) is 36.8 Å². The predicted octanol–water partition coefficient (Wildman–Crippen LogP) is 3.74. The number of aliphatic hydroxyl groups is 1. The van der Waals surface area contributed by atoms with Crippen LogP contribution >= 0.6 is 0 Å². The third-order valence-electron chi connectivity index (χ3n) is 7.54. The van der Waals surface area contributed by atoms with E-state index in [1.54, 1.807) is 7.11 Å². The molecule has 1 heterocycles. The largest absolute Gasteiger partial charge is 0.497 e. The minimum Gasteiger partial charge on any atom is -0.497 e. The summed E-state index contributed by atoms with van der Waals surface area (Å²) in [5.74, 6) is 0.931. The normalized spacial score (nSPS) is 27.9. The number of likely N-dealkylation sites (tertiary alicyclic amines) is 1. The number of carbonyl (C=O) groups is 1. The number of piperidine rings is 1. The first kappa shape index (κ1) is 22.6. The van der Waals surface area contributed by atoms with Crippen molar-refractivity contribution in [3.05, 3.63) is 78.4 Å². The molecule has 1 unspecified atom stereocenters. The van der Waals surface area contributed by atoms with Crippen molar-refractivity contribution >= 4 is 5.91 Å². The number of ether oxygens (including phenoxy) is 1. The van der Waals surface area contributed by atoms with Gasteiger partial charge in [0.2, 0.25) is 0 Å². The van der Waals surface area contributed by atoms with Gasteiger partial charge in [-0.15, -0.1) is 6.58 Å². The lowest BCUT2D eigenvalue weighted by atomic mass is 9.56. The summed E-state index contributed by atoms with van der Waals surface area (Å²) < 4.78 is 5.53. The van der Waals surface area contributed by atoms with E-state index in [0.29, 0.717) is 12.0 Å². The number of carbonyl (C=O) groups excluding carboxylic acids is 1. The summed E-state index contributed by atoms with van der Waals surface area (Å²) in [6.07, 6.45) is 3.80. The second kappa shape index (κ2) is 9.47. The molecule has 5 nitrogen and oxygen atoms in total. The zero-order valence-electron chi connectivity index (χ0n) is 19.1. The Kier molecular flexibility index (Phi) is 6.68. The fourth-order valence-electron chi connectivity index (χ4n) is 5.78. The van der Waals surface area contributed by atoms with Gasteiger partial charge in [-0.1, -0.05) is 36.4 Å². The van der Waals surface area contributed by atoms with Gasteiger partial charge in [0, 0.05) is 43.1 Å². The first-order valence-corrected chi connectivity index (χ1v) is 11.5. The zero-order chi connectivity index (χ0) is 22.7. The quantitative estimate of drug-likeness (QED) is 0.704. The maximum atomic E-state index is 13.2. The Morgan fingerprint density at radius 3 is 2.78 bits per heavy atom. The van der Waals surface area contributed by atoms with Crippen LogP contribution in [0, 0.1) is 5.92 Å².